The van der Waals surface area contributed by atoms with E-state index in [0.29, 0.717) is 5.78 Å². The first-order chi connectivity index (χ1) is 11.5. The van der Waals surface area contributed by atoms with Crippen molar-refractivity contribution in [3.05, 3.63) is 39.9 Å². The van der Waals surface area contributed by atoms with Crippen LogP contribution in [0, 0.1) is 33.3 Å². The molecule has 1 saturated heterocycles. The van der Waals surface area contributed by atoms with Gasteiger partial charge in [-0.1, -0.05) is 0 Å². The number of epoxide rings is 1. The fourth-order valence-electron chi connectivity index (χ4n) is 6.07. The Morgan fingerprint density at radius 2 is 1.58 bits per heavy atom. The lowest BCUT2D eigenvalue weighted by atomic mass is 9.48. The van der Waals surface area contributed by atoms with Crippen LogP contribution in [0.15, 0.2) is 24.3 Å². The minimum Gasteiger partial charge on any atom is -0.356 e. The number of ether oxygens (including phenoxy) is 1. The summed E-state index contributed by atoms with van der Waals surface area (Å²) < 4.78 is 5.74. The Balaban J connectivity index is 1.33. The number of hydrogen-bond donors (Lipinski definition) is 0. The Kier molecular flexibility index (Phi) is 2.97. The average molecular weight is 327 g/mol. The maximum Gasteiger partial charge on any atom is 0.269 e. The SMILES string of the molecule is O=C([C@H]1O[C@@H]1c1ccc([N+](=O)[O-])cc1)C12CC3CC(CC(C3)C1)C2. The molecule has 1 heterocycles. The monoisotopic (exact) mass is 327 g/mol. The third-order valence-corrected chi connectivity index (χ3v) is 6.74. The third-order valence-electron chi connectivity index (χ3n) is 6.74. The summed E-state index contributed by atoms with van der Waals surface area (Å²) in [6.45, 7) is 0. The molecule has 126 valence electrons. The van der Waals surface area contributed by atoms with Crippen molar-refractivity contribution in [2.24, 2.45) is 23.2 Å². The lowest BCUT2D eigenvalue weighted by Gasteiger charge is -2.55. The van der Waals surface area contributed by atoms with Gasteiger partial charge >= 0.3 is 0 Å². The van der Waals surface area contributed by atoms with Crippen LogP contribution in [0.1, 0.15) is 50.2 Å². The van der Waals surface area contributed by atoms with Crippen LogP contribution in [0.25, 0.3) is 0 Å². The molecule has 5 fully saturated rings. The predicted molar refractivity (Wildman–Crippen MR) is 86.3 cm³/mol. The van der Waals surface area contributed by atoms with Gasteiger partial charge in [-0.3, -0.25) is 14.9 Å². The smallest absolute Gasteiger partial charge is 0.269 e. The molecule has 5 aliphatic rings. The van der Waals surface area contributed by atoms with Crippen LogP contribution in [0.4, 0.5) is 5.69 Å². The van der Waals surface area contributed by atoms with Crippen molar-refractivity contribution in [1.82, 2.24) is 0 Å². The van der Waals surface area contributed by atoms with E-state index in [2.05, 4.69) is 0 Å². The Hall–Kier alpha value is -1.75. The second-order valence-corrected chi connectivity index (χ2v) is 8.39. The molecule has 5 heteroatoms. The summed E-state index contributed by atoms with van der Waals surface area (Å²) in [4.78, 5) is 23.5. The molecule has 4 aliphatic carbocycles. The van der Waals surface area contributed by atoms with Gasteiger partial charge in [-0.15, -0.1) is 0 Å². The van der Waals surface area contributed by atoms with E-state index in [4.69, 9.17) is 4.74 Å². The van der Waals surface area contributed by atoms with E-state index < -0.39 is 4.92 Å². The Morgan fingerprint density at radius 1 is 1.04 bits per heavy atom. The second-order valence-electron chi connectivity index (χ2n) is 8.39. The number of Topliss-reactive ketones (excluding diaryl/α,β-unsaturated/α-hetero) is 1. The van der Waals surface area contributed by atoms with Gasteiger partial charge in [0.15, 0.2) is 5.78 Å². The maximum absolute atomic E-state index is 13.2. The van der Waals surface area contributed by atoms with E-state index in [1.807, 2.05) is 0 Å². The standard InChI is InChI=1S/C19H21NO4/c21-18(19-8-11-5-12(9-19)7-13(6-11)10-19)17-16(24-17)14-1-3-15(4-2-14)20(22)23/h1-4,11-13,16-17H,5-10H2/t11?,12?,13?,16-,17+,19?/m1/s1. The summed E-state index contributed by atoms with van der Waals surface area (Å²) in [7, 11) is 0. The summed E-state index contributed by atoms with van der Waals surface area (Å²) >= 11 is 0. The van der Waals surface area contributed by atoms with Gasteiger partial charge in [0.05, 0.1) is 4.92 Å². The molecule has 4 bridgehead atoms. The number of benzene rings is 1. The summed E-state index contributed by atoms with van der Waals surface area (Å²) in [6, 6.07) is 6.41. The molecular formula is C19H21NO4. The first-order valence-corrected chi connectivity index (χ1v) is 8.98. The second kappa shape index (κ2) is 4.88. The van der Waals surface area contributed by atoms with E-state index in [1.54, 1.807) is 12.1 Å². The zero-order valence-corrected chi connectivity index (χ0v) is 13.5. The van der Waals surface area contributed by atoms with Crippen LogP contribution in [0.5, 0.6) is 0 Å². The van der Waals surface area contributed by atoms with Crippen LogP contribution in [0.3, 0.4) is 0 Å². The largest absolute Gasteiger partial charge is 0.356 e. The van der Waals surface area contributed by atoms with Gasteiger partial charge in [0.2, 0.25) is 0 Å². The van der Waals surface area contributed by atoms with Crippen LogP contribution in [0.2, 0.25) is 0 Å². The van der Waals surface area contributed by atoms with Crippen molar-refractivity contribution in [2.75, 3.05) is 0 Å². The van der Waals surface area contributed by atoms with Gasteiger partial charge in [0.1, 0.15) is 12.2 Å². The molecule has 1 aliphatic heterocycles. The third kappa shape index (κ3) is 2.14. The minimum absolute atomic E-state index is 0.0726. The molecular weight excluding hydrogens is 306 g/mol. The Labute approximate surface area is 140 Å². The molecule has 0 aromatic heterocycles. The van der Waals surface area contributed by atoms with Crippen molar-refractivity contribution >= 4 is 11.5 Å². The normalized spacial score (nSPS) is 42.1. The molecule has 0 radical (unpaired) electrons. The highest BCUT2D eigenvalue weighted by molar-refractivity contribution is 5.92. The van der Waals surface area contributed by atoms with Crippen molar-refractivity contribution in [3.8, 4) is 0 Å². The fraction of sp³-hybridized carbons (Fsp3) is 0.632. The average Bonchev–Trinajstić information content (AvgIpc) is 3.33. The first kappa shape index (κ1) is 14.6. The number of nitrogens with zero attached hydrogens (tertiary/aromatic N) is 1. The highest BCUT2D eigenvalue weighted by Gasteiger charge is 2.60. The quantitative estimate of drug-likeness (QED) is 0.479. The zero-order valence-electron chi connectivity index (χ0n) is 13.5. The summed E-state index contributed by atoms with van der Waals surface area (Å²) in [5.41, 5.74) is 0.821. The van der Waals surface area contributed by atoms with E-state index in [0.717, 1.165) is 42.6 Å². The van der Waals surface area contributed by atoms with Gasteiger partial charge in [-0.25, -0.2) is 0 Å². The van der Waals surface area contributed by atoms with Gasteiger partial charge in [-0.05, 0) is 74.0 Å². The molecule has 5 nitrogen and oxygen atoms in total. The molecule has 0 spiro atoms. The van der Waals surface area contributed by atoms with Gasteiger partial charge < -0.3 is 4.74 Å². The molecule has 2 atom stereocenters. The zero-order chi connectivity index (χ0) is 16.5. The summed E-state index contributed by atoms with van der Waals surface area (Å²) in [5, 5.41) is 10.8. The molecule has 0 amide bonds. The number of nitro groups is 1. The van der Waals surface area contributed by atoms with Crippen molar-refractivity contribution < 1.29 is 14.5 Å². The number of hydrogen-bond acceptors (Lipinski definition) is 4. The Bertz CT molecular complexity index is 675. The van der Waals surface area contributed by atoms with Crippen LogP contribution < -0.4 is 0 Å². The number of non-ortho nitro benzene ring substituents is 1. The summed E-state index contributed by atoms with van der Waals surface area (Å²) in [6.07, 6.45) is 6.62. The van der Waals surface area contributed by atoms with E-state index in [1.165, 1.54) is 31.4 Å². The first-order valence-electron chi connectivity index (χ1n) is 8.98. The van der Waals surface area contributed by atoms with Gasteiger partial charge in [0.25, 0.3) is 5.69 Å². The predicted octanol–water partition coefficient (Wildman–Crippen LogP) is 3.82. The fourth-order valence-corrected chi connectivity index (χ4v) is 6.07. The highest BCUT2D eigenvalue weighted by atomic mass is 16.6. The van der Waals surface area contributed by atoms with Gasteiger partial charge in [0, 0.05) is 17.5 Å². The molecule has 0 unspecified atom stereocenters. The molecule has 4 saturated carbocycles. The highest BCUT2D eigenvalue weighted by Crippen LogP contribution is 2.62. The van der Waals surface area contributed by atoms with Gasteiger partial charge in [-0.2, -0.15) is 0 Å². The maximum atomic E-state index is 13.2. The molecule has 1 aromatic carbocycles. The summed E-state index contributed by atoms with van der Waals surface area (Å²) in [5.74, 6) is 2.55. The van der Waals surface area contributed by atoms with Crippen LogP contribution >= 0.6 is 0 Å². The number of carbonyl (C=O) groups is 1. The molecule has 24 heavy (non-hydrogen) atoms. The number of ketones is 1. The molecule has 6 rings (SSSR count). The van der Waals surface area contributed by atoms with Crippen LogP contribution in [-0.4, -0.2) is 16.8 Å². The lowest BCUT2D eigenvalue weighted by Crippen LogP contribution is -2.51. The molecule has 0 N–H and O–H groups in total. The topological polar surface area (TPSA) is 72.7 Å². The number of carbonyl (C=O) groups excluding carboxylic acids is 1. The number of nitro benzene ring substituents is 1. The Morgan fingerprint density at radius 3 is 2.08 bits per heavy atom. The minimum atomic E-state index is -0.407. The van der Waals surface area contributed by atoms with Crippen LogP contribution in [-0.2, 0) is 9.53 Å². The van der Waals surface area contributed by atoms with Crippen molar-refractivity contribution in [3.63, 3.8) is 0 Å². The number of rotatable bonds is 4. The van der Waals surface area contributed by atoms with E-state index >= 15 is 0 Å². The molecule has 1 aromatic rings. The van der Waals surface area contributed by atoms with Crippen molar-refractivity contribution in [2.45, 2.75) is 50.7 Å². The van der Waals surface area contributed by atoms with E-state index in [-0.39, 0.29) is 23.3 Å². The van der Waals surface area contributed by atoms with Crippen molar-refractivity contribution in [1.29, 1.82) is 0 Å². The lowest BCUT2D eigenvalue weighted by molar-refractivity contribution is -0.384. The van der Waals surface area contributed by atoms with E-state index in [9.17, 15) is 14.9 Å².